The molecule has 0 saturated carbocycles. The van der Waals surface area contributed by atoms with E-state index >= 15 is 0 Å². The van der Waals surface area contributed by atoms with Crippen LogP contribution in [0, 0.1) is 5.92 Å². The number of hydrogen-bond donors (Lipinski definition) is 1. The molecule has 3 atom stereocenters. The van der Waals surface area contributed by atoms with Crippen LogP contribution in [0.25, 0.3) is 0 Å². The molecular weight excluding hydrogens is 308 g/mol. The number of hydrogen-bond acceptors (Lipinski definition) is 3. The number of nitrogens with zero attached hydrogens (tertiary/aromatic N) is 1. The standard InChI is InChI=1S/C22H26N2O/c1-4-25-20-10-6-9-19-17-7-5-8-18(17)21(23-22(19)20)15-11-13-16(14-12-15)24(2)3/h5-7,9-14,17-18,21,23H,4,8H2,1-3H3. The van der Waals surface area contributed by atoms with Crippen LogP contribution in [0.15, 0.2) is 54.6 Å². The predicted octanol–water partition coefficient (Wildman–Crippen LogP) is 4.98. The molecule has 4 rings (SSSR count). The molecule has 3 heteroatoms. The van der Waals surface area contributed by atoms with E-state index in [1.54, 1.807) is 0 Å². The molecule has 2 aliphatic rings. The molecule has 2 aromatic carbocycles. The molecule has 25 heavy (non-hydrogen) atoms. The van der Waals surface area contributed by atoms with Gasteiger partial charge in [0.15, 0.2) is 0 Å². The third kappa shape index (κ3) is 2.78. The van der Waals surface area contributed by atoms with Crippen LogP contribution in [-0.2, 0) is 0 Å². The second kappa shape index (κ2) is 6.47. The van der Waals surface area contributed by atoms with Crippen molar-refractivity contribution in [1.82, 2.24) is 0 Å². The van der Waals surface area contributed by atoms with Gasteiger partial charge in [0.2, 0.25) is 0 Å². The summed E-state index contributed by atoms with van der Waals surface area (Å²) in [5.74, 6) is 2.00. The summed E-state index contributed by atoms with van der Waals surface area (Å²) in [6, 6.07) is 15.7. The monoisotopic (exact) mass is 334 g/mol. The first-order valence-corrected chi connectivity index (χ1v) is 9.15. The van der Waals surface area contributed by atoms with E-state index in [0.717, 1.165) is 12.2 Å². The van der Waals surface area contributed by atoms with Gasteiger partial charge in [0, 0.05) is 25.7 Å². The fourth-order valence-electron chi connectivity index (χ4n) is 4.18. The van der Waals surface area contributed by atoms with Crippen LogP contribution in [0.2, 0.25) is 0 Å². The van der Waals surface area contributed by atoms with Gasteiger partial charge in [-0.05, 0) is 48.6 Å². The Labute approximate surface area is 150 Å². The van der Waals surface area contributed by atoms with E-state index in [0.29, 0.717) is 24.5 Å². The highest BCUT2D eigenvalue weighted by atomic mass is 16.5. The average Bonchev–Trinajstić information content (AvgIpc) is 3.12. The number of rotatable bonds is 4. The van der Waals surface area contributed by atoms with Crippen molar-refractivity contribution in [2.45, 2.75) is 25.3 Å². The lowest BCUT2D eigenvalue weighted by atomic mass is 9.77. The van der Waals surface area contributed by atoms with Crippen LogP contribution in [0.4, 0.5) is 11.4 Å². The maximum Gasteiger partial charge on any atom is 0.142 e. The Bertz CT molecular complexity index is 779. The van der Waals surface area contributed by atoms with E-state index < -0.39 is 0 Å². The number of ether oxygens (including phenoxy) is 1. The molecule has 0 radical (unpaired) electrons. The van der Waals surface area contributed by atoms with Crippen LogP contribution in [0.5, 0.6) is 5.75 Å². The lowest BCUT2D eigenvalue weighted by molar-refractivity contribution is 0.337. The smallest absolute Gasteiger partial charge is 0.142 e. The second-order valence-electron chi connectivity index (χ2n) is 7.11. The molecule has 0 saturated heterocycles. The molecule has 0 aromatic heterocycles. The van der Waals surface area contributed by atoms with E-state index in [4.69, 9.17) is 4.74 Å². The minimum absolute atomic E-state index is 0.310. The number of allylic oxidation sites excluding steroid dienone is 2. The zero-order valence-corrected chi connectivity index (χ0v) is 15.2. The Kier molecular flexibility index (Phi) is 4.16. The molecule has 1 aliphatic carbocycles. The minimum Gasteiger partial charge on any atom is -0.492 e. The molecular formula is C22H26N2O. The first-order chi connectivity index (χ1) is 12.2. The molecule has 3 unspecified atom stereocenters. The topological polar surface area (TPSA) is 24.5 Å². The van der Waals surface area contributed by atoms with Gasteiger partial charge in [-0.15, -0.1) is 0 Å². The Morgan fingerprint density at radius 1 is 1.12 bits per heavy atom. The summed E-state index contributed by atoms with van der Waals surface area (Å²) in [4.78, 5) is 2.14. The molecule has 0 amide bonds. The molecule has 0 spiro atoms. The van der Waals surface area contributed by atoms with Crippen molar-refractivity contribution in [2.75, 3.05) is 30.9 Å². The summed E-state index contributed by atoms with van der Waals surface area (Å²) in [7, 11) is 4.16. The molecule has 1 aliphatic heterocycles. The van der Waals surface area contributed by atoms with Crippen LogP contribution in [0.1, 0.15) is 36.4 Å². The third-order valence-corrected chi connectivity index (χ3v) is 5.43. The van der Waals surface area contributed by atoms with Gasteiger partial charge in [-0.25, -0.2) is 0 Å². The first kappa shape index (κ1) is 16.1. The van der Waals surface area contributed by atoms with Crippen molar-refractivity contribution in [1.29, 1.82) is 0 Å². The van der Waals surface area contributed by atoms with E-state index in [9.17, 15) is 0 Å². The number of anilines is 2. The van der Waals surface area contributed by atoms with Gasteiger partial charge in [-0.2, -0.15) is 0 Å². The van der Waals surface area contributed by atoms with Crippen molar-refractivity contribution in [3.05, 3.63) is 65.7 Å². The first-order valence-electron chi connectivity index (χ1n) is 9.15. The number of fused-ring (bicyclic) bond motifs is 3. The van der Waals surface area contributed by atoms with Gasteiger partial charge in [0.05, 0.1) is 18.3 Å². The maximum absolute atomic E-state index is 5.89. The molecule has 2 aromatic rings. The minimum atomic E-state index is 0.310. The quantitative estimate of drug-likeness (QED) is 0.798. The SMILES string of the molecule is CCOc1cccc2c1NC(c1ccc(N(C)C)cc1)C1CC=CC21. The normalized spacial score (nSPS) is 23.6. The second-order valence-corrected chi connectivity index (χ2v) is 7.11. The Morgan fingerprint density at radius 2 is 1.92 bits per heavy atom. The largest absolute Gasteiger partial charge is 0.492 e. The van der Waals surface area contributed by atoms with Crippen molar-refractivity contribution in [3.63, 3.8) is 0 Å². The summed E-state index contributed by atoms with van der Waals surface area (Å²) in [6.45, 7) is 2.72. The van der Waals surface area contributed by atoms with Gasteiger partial charge < -0.3 is 15.0 Å². The molecule has 0 fully saturated rings. The summed E-state index contributed by atoms with van der Waals surface area (Å²) in [5, 5.41) is 3.81. The fourth-order valence-corrected chi connectivity index (χ4v) is 4.18. The van der Waals surface area contributed by atoms with E-state index in [2.05, 4.69) is 78.9 Å². The molecule has 1 heterocycles. The van der Waals surface area contributed by atoms with E-state index in [1.165, 1.54) is 22.5 Å². The van der Waals surface area contributed by atoms with E-state index in [1.807, 2.05) is 6.92 Å². The molecule has 1 N–H and O–H groups in total. The number of benzene rings is 2. The van der Waals surface area contributed by atoms with Crippen molar-refractivity contribution >= 4 is 11.4 Å². The molecule has 0 bridgehead atoms. The lowest BCUT2D eigenvalue weighted by Crippen LogP contribution is -2.29. The fraction of sp³-hybridized carbons (Fsp3) is 0.364. The summed E-state index contributed by atoms with van der Waals surface area (Å²) < 4.78 is 5.89. The zero-order valence-electron chi connectivity index (χ0n) is 15.2. The Balaban J connectivity index is 1.73. The van der Waals surface area contributed by atoms with Gasteiger partial charge >= 0.3 is 0 Å². The Hall–Kier alpha value is -2.42. The third-order valence-electron chi connectivity index (χ3n) is 5.43. The molecule has 3 nitrogen and oxygen atoms in total. The van der Waals surface area contributed by atoms with Crippen LogP contribution < -0.4 is 15.0 Å². The van der Waals surface area contributed by atoms with Gasteiger partial charge in [0.25, 0.3) is 0 Å². The van der Waals surface area contributed by atoms with E-state index in [-0.39, 0.29) is 0 Å². The molecule has 130 valence electrons. The van der Waals surface area contributed by atoms with Gasteiger partial charge in [0.1, 0.15) is 5.75 Å². The zero-order chi connectivity index (χ0) is 17.4. The van der Waals surface area contributed by atoms with Crippen LogP contribution in [0.3, 0.4) is 0 Å². The highest BCUT2D eigenvalue weighted by Crippen LogP contribution is 2.52. The summed E-state index contributed by atoms with van der Waals surface area (Å²) in [5.41, 5.74) is 5.11. The maximum atomic E-state index is 5.89. The highest BCUT2D eigenvalue weighted by Gasteiger charge is 2.38. The number of nitrogens with one attached hydrogen (secondary N) is 1. The van der Waals surface area contributed by atoms with Crippen LogP contribution in [-0.4, -0.2) is 20.7 Å². The van der Waals surface area contributed by atoms with Crippen LogP contribution >= 0.6 is 0 Å². The Morgan fingerprint density at radius 3 is 2.64 bits per heavy atom. The average molecular weight is 334 g/mol. The van der Waals surface area contributed by atoms with Gasteiger partial charge in [-0.1, -0.05) is 36.4 Å². The highest BCUT2D eigenvalue weighted by molar-refractivity contribution is 5.68. The van der Waals surface area contributed by atoms with Gasteiger partial charge in [-0.3, -0.25) is 0 Å². The number of para-hydroxylation sites is 1. The van der Waals surface area contributed by atoms with Crippen molar-refractivity contribution in [2.24, 2.45) is 5.92 Å². The lowest BCUT2D eigenvalue weighted by Gasteiger charge is -2.38. The van der Waals surface area contributed by atoms with Crippen molar-refractivity contribution in [3.8, 4) is 5.75 Å². The summed E-state index contributed by atoms with van der Waals surface area (Å²) in [6.07, 6.45) is 5.83. The van der Waals surface area contributed by atoms with Crippen molar-refractivity contribution < 1.29 is 4.74 Å². The summed E-state index contributed by atoms with van der Waals surface area (Å²) >= 11 is 0. The predicted molar refractivity (Wildman–Crippen MR) is 105 cm³/mol.